The lowest BCUT2D eigenvalue weighted by Gasteiger charge is -2.15. The van der Waals surface area contributed by atoms with E-state index in [1.807, 2.05) is 30.3 Å². The molecule has 0 radical (unpaired) electrons. The maximum atomic E-state index is 6.05. The molecule has 28 heavy (non-hydrogen) atoms. The molecule has 2 aromatic carbocycles. The van der Waals surface area contributed by atoms with Crippen LogP contribution in [0.1, 0.15) is 29.9 Å². The highest BCUT2D eigenvalue weighted by atomic mass is 16.5. The van der Waals surface area contributed by atoms with Crippen molar-refractivity contribution >= 4 is 0 Å². The first kappa shape index (κ1) is 18.8. The topological polar surface area (TPSA) is 51.4 Å². The van der Waals surface area contributed by atoms with Gasteiger partial charge in [0.1, 0.15) is 0 Å². The van der Waals surface area contributed by atoms with Gasteiger partial charge in [-0.05, 0) is 29.7 Å². The normalized spacial score (nSPS) is 19.9. The van der Waals surface area contributed by atoms with Gasteiger partial charge in [0.05, 0.1) is 12.5 Å². The molecular formula is C23H27N3O2. The third-order valence-corrected chi connectivity index (χ3v) is 5.51. The smallest absolute Gasteiger partial charge is 0.247 e. The first-order valence-corrected chi connectivity index (χ1v) is 9.94. The van der Waals surface area contributed by atoms with Gasteiger partial charge in [-0.1, -0.05) is 49.4 Å². The zero-order chi connectivity index (χ0) is 19.3. The van der Waals surface area contributed by atoms with Crippen molar-refractivity contribution in [3.8, 4) is 11.5 Å². The molecule has 1 aromatic heterocycles. The van der Waals surface area contributed by atoms with Crippen molar-refractivity contribution in [3.05, 3.63) is 71.6 Å². The average Bonchev–Trinajstić information content (AvgIpc) is 3.37. The minimum absolute atomic E-state index is 0.194. The van der Waals surface area contributed by atoms with Crippen LogP contribution in [0.5, 0.6) is 0 Å². The molecule has 0 aliphatic carbocycles. The number of benzene rings is 2. The van der Waals surface area contributed by atoms with Crippen LogP contribution >= 0.6 is 0 Å². The molecule has 146 valence electrons. The number of hydrogen-bond donors (Lipinski definition) is 0. The van der Waals surface area contributed by atoms with Gasteiger partial charge >= 0.3 is 0 Å². The van der Waals surface area contributed by atoms with E-state index >= 15 is 0 Å². The van der Waals surface area contributed by atoms with Gasteiger partial charge in [0.15, 0.2) is 0 Å². The maximum Gasteiger partial charge on any atom is 0.247 e. The van der Waals surface area contributed by atoms with Crippen molar-refractivity contribution < 1.29 is 9.15 Å². The molecule has 1 aliphatic heterocycles. The summed E-state index contributed by atoms with van der Waals surface area (Å²) in [5.74, 6) is 1.84. The van der Waals surface area contributed by atoms with E-state index in [1.54, 1.807) is 7.11 Å². The Morgan fingerprint density at radius 3 is 2.46 bits per heavy atom. The van der Waals surface area contributed by atoms with Crippen LogP contribution in [0.25, 0.3) is 11.5 Å². The summed E-state index contributed by atoms with van der Waals surface area (Å²) >= 11 is 0. The van der Waals surface area contributed by atoms with Gasteiger partial charge in [-0.15, -0.1) is 10.2 Å². The fraction of sp³-hybridized carbons (Fsp3) is 0.391. The molecule has 1 fully saturated rings. The van der Waals surface area contributed by atoms with Crippen LogP contribution in [0.15, 0.2) is 59.0 Å². The molecule has 2 heterocycles. The molecule has 0 saturated carbocycles. The second-order valence-corrected chi connectivity index (χ2v) is 7.50. The number of hydrogen-bond acceptors (Lipinski definition) is 5. The monoisotopic (exact) mass is 377 g/mol. The zero-order valence-electron chi connectivity index (χ0n) is 16.5. The molecule has 1 saturated heterocycles. The second kappa shape index (κ2) is 8.67. The Morgan fingerprint density at radius 1 is 1.00 bits per heavy atom. The van der Waals surface area contributed by atoms with Crippen molar-refractivity contribution in [2.45, 2.75) is 25.8 Å². The Labute approximate surface area is 166 Å². The molecule has 0 N–H and O–H groups in total. The summed E-state index contributed by atoms with van der Waals surface area (Å²) in [6.45, 7) is 5.68. The van der Waals surface area contributed by atoms with E-state index in [4.69, 9.17) is 9.15 Å². The molecule has 5 heteroatoms. The third-order valence-electron chi connectivity index (χ3n) is 5.51. The average molecular weight is 377 g/mol. The first-order chi connectivity index (χ1) is 13.8. The summed E-state index contributed by atoms with van der Waals surface area (Å²) < 4.78 is 11.5. The molecule has 1 aliphatic rings. The molecule has 0 spiro atoms. The lowest BCUT2D eigenvalue weighted by atomic mass is 9.97. The largest absolute Gasteiger partial charge is 0.420 e. The molecule has 0 bridgehead atoms. The van der Waals surface area contributed by atoms with Crippen LogP contribution < -0.4 is 0 Å². The number of aryl methyl sites for hydroxylation is 1. The maximum absolute atomic E-state index is 6.05. The van der Waals surface area contributed by atoms with Crippen molar-refractivity contribution in [3.63, 3.8) is 0 Å². The van der Waals surface area contributed by atoms with Gasteiger partial charge in [-0.3, -0.25) is 4.90 Å². The Bertz CT molecular complexity index is 876. The Hall–Kier alpha value is -2.50. The van der Waals surface area contributed by atoms with E-state index in [1.165, 1.54) is 11.1 Å². The highest BCUT2D eigenvalue weighted by Crippen LogP contribution is 2.34. The fourth-order valence-corrected chi connectivity index (χ4v) is 3.97. The molecular weight excluding hydrogens is 350 g/mol. The number of rotatable bonds is 7. The van der Waals surface area contributed by atoms with Gasteiger partial charge in [-0.25, -0.2) is 0 Å². The molecule has 0 unspecified atom stereocenters. The van der Waals surface area contributed by atoms with Crippen LogP contribution in [0.2, 0.25) is 0 Å². The highest BCUT2D eigenvalue weighted by molar-refractivity contribution is 5.51. The Kier molecular flexibility index (Phi) is 5.84. The summed E-state index contributed by atoms with van der Waals surface area (Å²) in [7, 11) is 1.76. The summed E-state index contributed by atoms with van der Waals surface area (Å²) in [5, 5.41) is 8.65. The third kappa shape index (κ3) is 4.16. The summed E-state index contributed by atoms with van der Waals surface area (Å²) in [4.78, 5) is 2.46. The highest BCUT2D eigenvalue weighted by Gasteiger charge is 2.37. The number of nitrogens with zero attached hydrogens (tertiary/aromatic N) is 3. The van der Waals surface area contributed by atoms with E-state index in [0.717, 1.165) is 31.6 Å². The predicted octanol–water partition coefficient (Wildman–Crippen LogP) is 4.16. The van der Waals surface area contributed by atoms with E-state index in [0.29, 0.717) is 24.3 Å². The lowest BCUT2D eigenvalue weighted by molar-refractivity contribution is 0.144. The predicted molar refractivity (Wildman–Crippen MR) is 109 cm³/mol. The molecule has 4 rings (SSSR count). The molecule has 0 amide bonds. The SMILES string of the molecule is CCc1ccc(CN2C[C@@H](COC)[C@H](c3nnc(-c4ccccc4)o3)C2)cc1. The lowest BCUT2D eigenvalue weighted by Crippen LogP contribution is -2.21. The van der Waals surface area contributed by atoms with E-state index < -0.39 is 0 Å². The summed E-state index contributed by atoms with van der Waals surface area (Å²) in [6.07, 6.45) is 1.07. The van der Waals surface area contributed by atoms with Crippen LogP contribution in [-0.2, 0) is 17.7 Å². The number of aromatic nitrogens is 2. The number of likely N-dealkylation sites (tertiary alicyclic amines) is 1. The van der Waals surface area contributed by atoms with E-state index in [9.17, 15) is 0 Å². The summed E-state index contributed by atoms with van der Waals surface area (Å²) in [5.41, 5.74) is 3.67. The second-order valence-electron chi connectivity index (χ2n) is 7.50. The number of ether oxygens (including phenoxy) is 1. The van der Waals surface area contributed by atoms with Crippen molar-refractivity contribution in [1.29, 1.82) is 0 Å². The van der Waals surface area contributed by atoms with Crippen LogP contribution in [-0.4, -0.2) is 41.9 Å². The van der Waals surface area contributed by atoms with E-state index in [2.05, 4.69) is 46.3 Å². The van der Waals surface area contributed by atoms with Gasteiger partial charge in [0.25, 0.3) is 0 Å². The summed E-state index contributed by atoms with van der Waals surface area (Å²) in [6, 6.07) is 18.8. The van der Waals surface area contributed by atoms with Crippen molar-refractivity contribution in [2.24, 2.45) is 5.92 Å². The van der Waals surface area contributed by atoms with Crippen LogP contribution in [0, 0.1) is 5.92 Å². The van der Waals surface area contributed by atoms with Crippen molar-refractivity contribution in [2.75, 3.05) is 26.8 Å². The minimum atomic E-state index is 0.194. The molecule has 5 nitrogen and oxygen atoms in total. The van der Waals surface area contributed by atoms with Crippen LogP contribution in [0.4, 0.5) is 0 Å². The van der Waals surface area contributed by atoms with Gasteiger partial charge in [0.2, 0.25) is 11.8 Å². The van der Waals surface area contributed by atoms with Crippen LogP contribution in [0.3, 0.4) is 0 Å². The van der Waals surface area contributed by atoms with Gasteiger partial charge in [0, 0.05) is 38.2 Å². The van der Waals surface area contributed by atoms with Crippen molar-refractivity contribution in [1.82, 2.24) is 15.1 Å². The van der Waals surface area contributed by atoms with E-state index in [-0.39, 0.29) is 5.92 Å². The minimum Gasteiger partial charge on any atom is -0.420 e. The molecule has 3 aromatic rings. The Balaban J connectivity index is 1.49. The Morgan fingerprint density at radius 2 is 1.75 bits per heavy atom. The van der Waals surface area contributed by atoms with Gasteiger partial charge < -0.3 is 9.15 Å². The zero-order valence-corrected chi connectivity index (χ0v) is 16.5. The van der Waals surface area contributed by atoms with Gasteiger partial charge in [-0.2, -0.15) is 0 Å². The molecule has 2 atom stereocenters. The quantitative estimate of drug-likeness (QED) is 0.619. The fourth-order valence-electron chi connectivity index (χ4n) is 3.97. The number of methoxy groups -OCH3 is 1. The standard InChI is InChI=1S/C23H27N3O2/c1-3-17-9-11-18(12-10-17)13-26-14-20(16-27-2)21(15-26)23-25-24-22(28-23)19-7-5-4-6-8-19/h4-12,20-21H,3,13-16H2,1-2H3/t20-,21+/m0/s1. The first-order valence-electron chi connectivity index (χ1n) is 9.94.